The smallest absolute Gasteiger partial charge is 0.240 e. The molecular formula is C10H8ClN5O. The summed E-state index contributed by atoms with van der Waals surface area (Å²) in [5.74, 6) is 0.843. The standard InChI is InChI=1S/C10H8ClN5O/c11-9-8-5(2-1-3-6(8)14-15-9)10-13-7(4-12)17-16-10/h1-3H,4,12H2,(H,14,15). The number of aromatic nitrogens is 4. The van der Waals surface area contributed by atoms with Gasteiger partial charge in [-0.25, -0.2) is 0 Å². The van der Waals surface area contributed by atoms with Gasteiger partial charge in [-0.15, -0.1) is 0 Å². The lowest BCUT2D eigenvalue weighted by Gasteiger charge is -1.96. The molecule has 0 bridgehead atoms. The Kier molecular flexibility index (Phi) is 2.31. The molecule has 1 aromatic carbocycles. The highest BCUT2D eigenvalue weighted by molar-refractivity contribution is 6.35. The maximum Gasteiger partial charge on any atom is 0.240 e. The van der Waals surface area contributed by atoms with E-state index >= 15 is 0 Å². The van der Waals surface area contributed by atoms with E-state index in [4.69, 9.17) is 21.9 Å². The molecule has 0 saturated heterocycles. The number of nitrogens with two attached hydrogens (primary N) is 1. The van der Waals surface area contributed by atoms with Crippen molar-refractivity contribution < 1.29 is 4.52 Å². The number of rotatable bonds is 2. The Hall–Kier alpha value is -1.92. The van der Waals surface area contributed by atoms with E-state index in [0.717, 1.165) is 16.5 Å². The first kappa shape index (κ1) is 10.2. The molecule has 0 radical (unpaired) electrons. The number of nitrogens with one attached hydrogen (secondary N) is 1. The van der Waals surface area contributed by atoms with E-state index < -0.39 is 0 Å². The molecular weight excluding hydrogens is 242 g/mol. The van der Waals surface area contributed by atoms with Crippen molar-refractivity contribution in [1.29, 1.82) is 0 Å². The van der Waals surface area contributed by atoms with Crippen LogP contribution in [0.25, 0.3) is 22.3 Å². The number of fused-ring (bicyclic) bond motifs is 1. The SMILES string of the molecule is NCc1nc(-c2cccc3n[nH]c(Cl)c23)no1. The summed E-state index contributed by atoms with van der Waals surface area (Å²) >= 11 is 6.04. The zero-order valence-corrected chi connectivity index (χ0v) is 9.40. The highest BCUT2D eigenvalue weighted by Crippen LogP contribution is 2.30. The molecule has 3 aromatic rings. The quantitative estimate of drug-likeness (QED) is 0.721. The summed E-state index contributed by atoms with van der Waals surface area (Å²) in [4.78, 5) is 4.17. The first-order chi connectivity index (χ1) is 8.29. The Bertz CT molecular complexity index is 674. The second-order valence-corrected chi connectivity index (χ2v) is 3.83. The highest BCUT2D eigenvalue weighted by Gasteiger charge is 2.14. The third-order valence-corrected chi connectivity index (χ3v) is 2.69. The van der Waals surface area contributed by atoms with Crippen LogP contribution >= 0.6 is 11.6 Å². The van der Waals surface area contributed by atoms with Crippen LogP contribution in [0, 0.1) is 0 Å². The van der Waals surface area contributed by atoms with Gasteiger partial charge >= 0.3 is 0 Å². The maximum atomic E-state index is 6.04. The number of H-pyrrole nitrogens is 1. The predicted octanol–water partition coefficient (Wildman–Crippen LogP) is 1.72. The van der Waals surface area contributed by atoms with Crippen LogP contribution in [0.1, 0.15) is 5.89 Å². The van der Waals surface area contributed by atoms with Crippen molar-refractivity contribution in [2.24, 2.45) is 5.73 Å². The minimum absolute atomic E-state index is 0.210. The van der Waals surface area contributed by atoms with E-state index in [1.807, 2.05) is 18.2 Å². The Morgan fingerprint density at radius 3 is 3.06 bits per heavy atom. The molecule has 0 aliphatic rings. The van der Waals surface area contributed by atoms with E-state index in [9.17, 15) is 0 Å². The maximum absolute atomic E-state index is 6.04. The molecule has 7 heteroatoms. The summed E-state index contributed by atoms with van der Waals surface area (Å²) in [7, 11) is 0. The van der Waals surface area contributed by atoms with E-state index in [-0.39, 0.29) is 6.54 Å². The van der Waals surface area contributed by atoms with Gasteiger partial charge in [-0.05, 0) is 6.07 Å². The minimum atomic E-state index is 0.210. The van der Waals surface area contributed by atoms with Crippen LogP contribution in [-0.2, 0) is 6.54 Å². The Labute approximate surface area is 101 Å². The number of nitrogens with zero attached hydrogens (tertiary/aromatic N) is 3. The predicted molar refractivity (Wildman–Crippen MR) is 62.3 cm³/mol. The fourth-order valence-corrected chi connectivity index (χ4v) is 1.90. The van der Waals surface area contributed by atoms with Crippen molar-refractivity contribution in [3.8, 4) is 11.4 Å². The fourth-order valence-electron chi connectivity index (χ4n) is 1.66. The normalized spacial score (nSPS) is 11.2. The first-order valence-corrected chi connectivity index (χ1v) is 5.33. The van der Waals surface area contributed by atoms with Gasteiger partial charge in [0.2, 0.25) is 11.7 Å². The minimum Gasteiger partial charge on any atom is -0.338 e. The van der Waals surface area contributed by atoms with E-state index in [1.165, 1.54) is 0 Å². The van der Waals surface area contributed by atoms with Gasteiger partial charge in [0.25, 0.3) is 0 Å². The second kappa shape index (κ2) is 3.83. The number of benzene rings is 1. The third kappa shape index (κ3) is 1.58. The van der Waals surface area contributed by atoms with Gasteiger partial charge in [-0.2, -0.15) is 10.1 Å². The van der Waals surface area contributed by atoms with E-state index in [0.29, 0.717) is 16.9 Å². The molecule has 0 amide bonds. The molecule has 2 heterocycles. The van der Waals surface area contributed by atoms with Crippen LogP contribution in [0.15, 0.2) is 22.7 Å². The van der Waals surface area contributed by atoms with Crippen LogP contribution in [0.2, 0.25) is 5.15 Å². The van der Waals surface area contributed by atoms with Gasteiger partial charge in [0.1, 0.15) is 5.15 Å². The molecule has 17 heavy (non-hydrogen) atoms. The van der Waals surface area contributed by atoms with Gasteiger partial charge in [0, 0.05) is 10.9 Å². The lowest BCUT2D eigenvalue weighted by molar-refractivity contribution is 0.380. The molecule has 3 rings (SSSR count). The first-order valence-electron chi connectivity index (χ1n) is 4.95. The van der Waals surface area contributed by atoms with Gasteiger partial charge in [-0.1, -0.05) is 28.9 Å². The van der Waals surface area contributed by atoms with Crippen LogP contribution < -0.4 is 5.73 Å². The number of hydrogen-bond acceptors (Lipinski definition) is 5. The second-order valence-electron chi connectivity index (χ2n) is 3.45. The summed E-state index contributed by atoms with van der Waals surface area (Å²) in [6.45, 7) is 0.210. The highest BCUT2D eigenvalue weighted by atomic mass is 35.5. The van der Waals surface area contributed by atoms with Crippen molar-refractivity contribution in [3.05, 3.63) is 29.2 Å². The molecule has 0 saturated carbocycles. The summed E-state index contributed by atoms with van der Waals surface area (Å²) in [6, 6.07) is 5.56. The van der Waals surface area contributed by atoms with Crippen LogP contribution in [-0.4, -0.2) is 20.3 Å². The number of halogens is 1. The molecule has 3 N–H and O–H groups in total. The third-order valence-electron chi connectivity index (χ3n) is 2.42. The average Bonchev–Trinajstić information content (AvgIpc) is 2.96. The van der Waals surface area contributed by atoms with Gasteiger partial charge < -0.3 is 10.3 Å². The zero-order chi connectivity index (χ0) is 11.8. The zero-order valence-electron chi connectivity index (χ0n) is 8.64. The number of aromatic amines is 1. The lowest BCUT2D eigenvalue weighted by Crippen LogP contribution is -1.95. The van der Waals surface area contributed by atoms with Crippen molar-refractivity contribution >= 4 is 22.5 Å². The van der Waals surface area contributed by atoms with Crippen molar-refractivity contribution in [2.75, 3.05) is 0 Å². The van der Waals surface area contributed by atoms with E-state index in [1.54, 1.807) is 0 Å². The molecule has 0 aliphatic carbocycles. The molecule has 0 spiro atoms. The molecule has 86 valence electrons. The summed E-state index contributed by atoms with van der Waals surface area (Å²) in [5, 5.41) is 11.9. The van der Waals surface area contributed by atoms with Crippen LogP contribution in [0.3, 0.4) is 0 Å². The topological polar surface area (TPSA) is 93.6 Å². The average molecular weight is 250 g/mol. The number of hydrogen-bond donors (Lipinski definition) is 2. The molecule has 0 atom stereocenters. The molecule has 0 unspecified atom stereocenters. The molecule has 2 aromatic heterocycles. The molecule has 6 nitrogen and oxygen atoms in total. The Balaban J connectivity index is 2.25. The largest absolute Gasteiger partial charge is 0.338 e. The summed E-state index contributed by atoms with van der Waals surface area (Å²) in [5.41, 5.74) is 6.95. The fraction of sp³-hybridized carbons (Fsp3) is 0.100. The lowest BCUT2D eigenvalue weighted by atomic mass is 10.1. The van der Waals surface area contributed by atoms with Crippen molar-refractivity contribution in [1.82, 2.24) is 20.3 Å². The van der Waals surface area contributed by atoms with Crippen molar-refractivity contribution in [3.63, 3.8) is 0 Å². The molecule has 0 aliphatic heterocycles. The van der Waals surface area contributed by atoms with Gasteiger partial charge in [-0.3, -0.25) is 5.10 Å². The van der Waals surface area contributed by atoms with Crippen LogP contribution in [0.5, 0.6) is 0 Å². The Morgan fingerprint density at radius 1 is 1.41 bits per heavy atom. The Morgan fingerprint density at radius 2 is 2.29 bits per heavy atom. The van der Waals surface area contributed by atoms with Gasteiger partial charge in [0.15, 0.2) is 0 Å². The van der Waals surface area contributed by atoms with E-state index in [2.05, 4.69) is 20.3 Å². The van der Waals surface area contributed by atoms with Gasteiger partial charge in [0.05, 0.1) is 12.1 Å². The summed E-state index contributed by atoms with van der Waals surface area (Å²) < 4.78 is 4.97. The monoisotopic (exact) mass is 249 g/mol. The van der Waals surface area contributed by atoms with Crippen molar-refractivity contribution in [2.45, 2.75) is 6.54 Å². The van der Waals surface area contributed by atoms with Crippen LogP contribution in [0.4, 0.5) is 0 Å². The summed E-state index contributed by atoms with van der Waals surface area (Å²) in [6.07, 6.45) is 0. The molecule has 0 fully saturated rings.